The molecule has 15 heavy (non-hydrogen) atoms. The number of hydrogen-bond acceptors (Lipinski definition) is 3. The molecule has 0 spiro atoms. The zero-order chi connectivity index (χ0) is 11.5. The van der Waals surface area contributed by atoms with Gasteiger partial charge in [-0.1, -0.05) is 0 Å². The summed E-state index contributed by atoms with van der Waals surface area (Å²) in [7, 11) is 5.62. The second-order valence-corrected chi connectivity index (χ2v) is 4.96. The van der Waals surface area contributed by atoms with Gasteiger partial charge in [0.15, 0.2) is 7.98 Å². The van der Waals surface area contributed by atoms with E-state index in [0.717, 1.165) is 25.9 Å². The average molecular weight is 210 g/mol. The van der Waals surface area contributed by atoms with Crippen LogP contribution in [0.1, 0.15) is 33.6 Å². The van der Waals surface area contributed by atoms with Crippen molar-refractivity contribution >= 4 is 14.1 Å². The number of carbonyl (C=O) groups excluding carboxylic acids is 1. The number of hydrogen-bond donors (Lipinski definition) is 1. The van der Waals surface area contributed by atoms with Crippen molar-refractivity contribution in [1.82, 2.24) is 10.1 Å². The quantitative estimate of drug-likeness (QED) is 0.658. The first-order valence-corrected chi connectivity index (χ1v) is 5.36. The van der Waals surface area contributed by atoms with E-state index >= 15 is 0 Å². The van der Waals surface area contributed by atoms with E-state index in [-0.39, 0.29) is 12.1 Å². The Bertz CT molecular complexity index is 220. The van der Waals surface area contributed by atoms with Crippen LogP contribution < -0.4 is 5.32 Å². The van der Waals surface area contributed by atoms with E-state index in [9.17, 15) is 4.79 Å². The highest BCUT2D eigenvalue weighted by molar-refractivity contribution is 6.04. The molecule has 0 saturated carbocycles. The van der Waals surface area contributed by atoms with Gasteiger partial charge in [-0.25, -0.2) is 4.79 Å². The average Bonchev–Trinajstić information content (AvgIpc) is 2.05. The van der Waals surface area contributed by atoms with E-state index in [1.165, 1.54) is 0 Å². The smallest absolute Gasteiger partial charge is 0.407 e. The molecule has 5 heteroatoms. The zero-order valence-corrected chi connectivity index (χ0v) is 9.75. The summed E-state index contributed by atoms with van der Waals surface area (Å²) in [5.74, 6) is 0. The molecule has 1 fully saturated rings. The Morgan fingerprint density at radius 2 is 1.93 bits per heavy atom. The largest absolute Gasteiger partial charge is 0.444 e. The highest BCUT2D eigenvalue weighted by atomic mass is 16.6. The Morgan fingerprint density at radius 3 is 2.40 bits per heavy atom. The van der Waals surface area contributed by atoms with Crippen molar-refractivity contribution in [2.45, 2.75) is 45.3 Å². The van der Waals surface area contributed by atoms with Crippen molar-refractivity contribution in [2.75, 3.05) is 13.1 Å². The van der Waals surface area contributed by atoms with Crippen LogP contribution in [-0.4, -0.2) is 43.6 Å². The van der Waals surface area contributed by atoms with Gasteiger partial charge in [0.1, 0.15) is 5.60 Å². The maximum absolute atomic E-state index is 11.4. The SMILES string of the molecule is [B]N1CCC(NC(=O)OC(C)(C)C)CC1. The van der Waals surface area contributed by atoms with Gasteiger partial charge in [-0.15, -0.1) is 0 Å². The fourth-order valence-corrected chi connectivity index (χ4v) is 1.52. The van der Waals surface area contributed by atoms with Crippen molar-refractivity contribution < 1.29 is 9.53 Å². The molecule has 4 nitrogen and oxygen atoms in total. The van der Waals surface area contributed by atoms with E-state index < -0.39 is 5.60 Å². The van der Waals surface area contributed by atoms with Gasteiger partial charge in [0.2, 0.25) is 0 Å². The molecule has 0 aromatic rings. The van der Waals surface area contributed by atoms with Crippen LogP contribution in [-0.2, 0) is 4.74 Å². The summed E-state index contributed by atoms with van der Waals surface area (Å²) in [4.78, 5) is 13.2. The van der Waals surface area contributed by atoms with Crippen LogP contribution in [0, 0.1) is 0 Å². The summed E-state index contributed by atoms with van der Waals surface area (Å²) in [5, 5.41) is 2.85. The van der Waals surface area contributed by atoms with Crippen LogP contribution in [0.2, 0.25) is 0 Å². The molecule has 1 rings (SSSR count). The molecule has 0 atom stereocenters. The van der Waals surface area contributed by atoms with Crippen LogP contribution >= 0.6 is 0 Å². The Kier molecular flexibility index (Phi) is 4.02. The first-order chi connectivity index (χ1) is 6.87. The molecule has 2 radical (unpaired) electrons. The van der Waals surface area contributed by atoms with Gasteiger partial charge < -0.3 is 14.9 Å². The van der Waals surface area contributed by atoms with Crippen molar-refractivity contribution in [2.24, 2.45) is 0 Å². The van der Waals surface area contributed by atoms with Crippen LogP contribution in [0.4, 0.5) is 4.79 Å². The van der Waals surface area contributed by atoms with Gasteiger partial charge in [-0.2, -0.15) is 0 Å². The van der Waals surface area contributed by atoms with Gasteiger partial charge in [-0.05, 0) is 46.7 Å². The van der Waals surface area contributed by atoms with Gasteiger partial charge in [-0.3, -0.25) is 0 Å². The summed E-state index contributed by atoms with van der Waals surface area (Å²) in [6.07, 6.45) is 1.43. The summed E-state index contributed by atoms with van der Waals surface area (Å²) in [6.45, 7) is 7.21. The lowest BCUT2D eigenvalue weighted by molar-refractivity contribution is 0.0489. The molecule has 1 heterocycles. The zero-order valence-electron chi connectivity index (χ0n) is 9.75. The highest BCUT2D eigenvalue weighted by Crippen LogP contribution is 2.10. The first-order valence-electron chi connectivity index (χ1n) is 5.36. The minimum atomic E-state index is -0.432. The van der Waals surface area contributed by atoms with E-state index in [1.54, 1.807) is 4.81 Å². The second kappa shape index (κ2) is 4.88. The third kappa shape index (κ3) is 5.07. The summed E-state index contributed by atoms with van der Waals surface area (Å²) >= 11 is 0. The molecule has 0 unspecified atom stereocenters. The van der Waals surface area contributed by atoms with E-state index in [2.05, 4.69) is 5.32 Å². The number of alkyl carbamates (subject to hydrolysis) is 1. The van der Waals surface area contributed by atoms with Crippen molar-refractivity contribution in [3.8, 4) is 0 Å². The third-order valence-corrected chi connectivity index (χ3v) is 2.25. The van der Waals surface area contributed by atoms with Gasteiger partial charge >= 0.3 is 6.09 Å². The Morgan fingerprint density at radius 1 is 1.40 bits per heavy atom. The fraction of sp³-hybridized carbons (Fsp3) is 0.900. The van der Waals surface area contributed by atoms with Gasteiger partial charge in [0.05, 0.1) is 0 Å². The maximum atomic E-state index is 11.4. The number of nitrogens with one attached hydrogen (secondary N) is 1. The number of rotatable bonds is 1. The molecule has 84 valence electrons. The van der Waals surface area contributed by atoms with Gasteiger partial charge in [0.25, 0.3) is 0 Å². The van der Waals surface area contributed by atoms with Crippen molar-refractivity contribution in [3.63, 3.8) is 0 Å². The summed E-state index contributed by atoms with van der Waals surface area (Å²) in [5.41, 5.74) is -0.432. The van der Waals surface area contributed by atoms with E-state index in [0.29, 0.717) is 0 Å². The van der Waals surface area contributed by atoms with E-state index in [1.807, 2.05) is 20.8 Å². The van der Waals surface area contributed by atoms with Crippen LogP contribution in [0.15, 0.2) is 0 Å². The molecule has 1 aliphatic heterocycles. The minimum absolute atomic E-state index is 0.194. The monoisotopic (exact) mass is 210 g/mol. The highest BCUT2D eigenvalue weighted by Gasteiger charge is 2.21. The summed E-state index contributed by atoms with van der Waals surface area (Å²) in [6, 6.07) is 0.194. The fourth-order valence-electron chi connectivity index (χ4n) is 1.52. The number of ether oxygens (including phenoxy) is 1. The molecule has 1 saturated heterocycles. The molecular formula is C10H19BN2O2. The second-order valence-electron chi connectivity index (χ2n) is 4.96. The Labute approximate surface area is 92.8 Å². The molecule has 1 aliphatic rings. The van der Waals surface area contributed by atoms with Crippen molar-refractivity contribution in [3.05, 3.63) is 0 Å². The van der Waals surface area contributed by atoms with Crippen molar-refractivity contribution in [1.29, 1.82) is 0 Å². The number of piperidine rings is 1. The molecule has 0 aromatic carbocycles. The number of nitrogens with zero attached hydrogens (tertiary/aromatic N) is 1. The predicted octanol–water partition coefficient (Wildman–Crippen LogP) is 1.06. The van der Waals surface area contributed by atoms with Crippen LogP contribution in [0.3, 0.4) is 0 Å². The lowest BCUT2D eigenvalue weighted by Crippen LogP contribution is -2.45. The van der Waals surface area contributed by atoms with E-state index in [4.69, 9.17) is 12.7 Å². The normalized spacial score (nSPS) is 19.9. The lowest BCUT2D eigenvalue weighted by atomic mass is 10.0. The Balaban J connectivity index is 2.27. The minimum Gasteiger partial charge on any atom is -0.444 e. The molecule has 1 N–H and O–H groups in total. The molecule has 1 amide bonds. The number of carbonyl (C=O) groups is 1. The molecule has 0 bridgehead atoms. The first kappa shape index (κ1) is 12.4. The van der Waals surface area contributed by atoms with Crippen LogP contribution in [0.25, 0.3) is 0 Å². The lowest BCUT2D eigenvalue weighted by Gasteiger charge is -2.30. The molecular weight excluding hydrogens is 191 g/mol. The maximum Gasteiger partial charge on any atom is 0.407 e. The standard InChI is InChI=1S/C10H19BN2O2/c1-10(2,3)15-9(14)12-8-4-6-13(11)7-5-8/h8H,4-7H2,1-3H3,(H,12,14). The van der Waals surface area contributed by atoms with Gasteiger partial charge in [0, 0.05) is 6.04 Å². The third-order valence-electron chi connectivity index (χ3n) is 2.25. The van der Waals surface area contributed by atoms with Crippen LogP contribution in [0.5, 0.6) is 0 Å². The predicted molar refractivity (Wildman–Crippen MR) is 59.7 cm³/mol. The molecule has 0 aliphatic carbocycles. The summed E-state index contributed by atoms with van der Waals surface area (Å²) < 4.78 is 5.17. The topological polar surface area (TPSA) is 41.6 Å². The Hall–Kier alpha value is -0.705. The molecule has 0 aromatic heterocycles. The number of amides is 1.